The molecule has 0 spiro atoms. The minimum absolute atomic E-state index is 0. The lowest BCUT2D eigenvalue weighted by Crippen LogP contribution is -2.50. The zero-order valence-electron chi connectivity index (χ0n) is 15.2. The third kappa shape index (κ3) is 5.18. The summed E-state index contributed by atoms with van der Waals surface area (Å²) < 4.78 is 40.3. The highest BCUT2D eigenvalue weighted by molar-refractivity contribution is 14.0. The maximum Gasteiger partial charge on any atom is 0.417 e. The van der Waals surface area contributed by atoms with Crippen LogP contribution >= 0.6 is 35.7 Å². The number of nitrogens with zero attached hydrogens (tertiary/aromatic N) is 5. The molecule has 0 amide bonds. The number of aliphatic imine (C=N–C) groups is 1. The second-order valence-corrected chi connectivity index (χ2v) is 8.49. The van der Waals surface area contributed by atoms with Gasteiger partial charge in [0.1, 0.15) is 0 Å². The van der Waals surface area contributed by atoms with Crippen LogP contribution in [-0.4, -0.2) is 56.1 Å². The summed E-state index contributed by atoms with van der Waals surface area (Å²) in [7, 11) is 1.70. The first-order valence-corrected chi connectivity index (χ1v) is 9.18. The summed E-state index contributed by atoms with van der Waals surface area (Å²) >= 11 is 1.92. The molecule has 1 N–H and O–H groups in total. The van der Waals surface area contributed by atoms with Crippen molar-refractivity contribution in [3.63, 3.8) is 0 Å². The van der Waals surface area contributed by atoms with Gasteiger partial charge in [0.2, 0.25) is 0 Å². The lowest BCUT2D eigenvalue weighted by molar-refractivity contribution is -0.137. The lowest BCUT2D eigenvalue weighted by Gasteiger charge is -2.39. The number of halogens is 4. The molecule has 3 rings (SSSR count). The van der Waals surface area contributed by atoms with Gasteiger partial charge in [-0.3, -0.25) is 9.39 Å². The minimum Gasteiger partial charge on any atom is -0.349 e. The molecule has 1 aliphatic rings. The van der Waals surface area contributed by atoms with Crippen molar-refractivity contribution < 1.29 is 13.2 Å². The van der Waals surface area contributed by atoms with E-state index in [1.54, 1.807) is 7.05 Å². The van der Waals surface area contributed by atoms with Crippen molar-refractivity contribution in [2.45, 2.75) is 31.3 Å². The van der Waals surface area contributed by atoms with E-state index in [4.69, 9.17) is 0 Å². The van der Waals surface area contributed by atoms with Gasteiger partial charge in [0.05, 0.1) is 12.1 Å². The van der Waals surface area contributed by atoms with Crippen LogP contribution in [0.1, 0.15) is 25.2 Å². The predicted molar refractivity (Wildman–Crippen MR) is 112 cm³/mol. The van der Waals surface area contributed by atoms with Gasteiger partial charge < -0.3 is 10.2 Å². The van der Waals surface area contributed by atoms with Crippen LogP contribution in [0.3, 0.4) is 0 Å². The summed E-state index contributed by atoms with van der Waals surface area (Å²) in [6.45, 7) is 6.31. The van der Waals surface area contributed by atoms with Crippen LogP contribution in [0.15, 0.2) is 23.3 Å². The van der Waals surface area contributed by atoms with Crippen LogP contribution in [0.4, 0.5) is 13.2 Å². The third-order valence-electron chi connectivity index (χ3n) is 4.14. The average Bonchev–Trinajstić information content (AvgIpc) is 2.96. The number of fused-ring (bicyclic) bond motifs is 1. The molecule has 6 nitrogen and oxygen atoms in total. The van der Waals surface area contributed by atoms with E-state index in [1.165, 1.54) is 10.5 Å². The minimum atomic E-state index is -4.41. The summed E-state index contributed by atoms with van der Waals surface area (Å²) in [5.41, 5.74) is -0.356. The molecular formula is C16H22F3IN6S. The Balaban J connectivity index is 0.00000261. The molecule has 0 bridgehead atoms. The van der Waals surface area contributed by atoms with Gasteiger partial charge in [-0.2, -0.15) is 24.9 Å². The molecule has 150 valence electrons. The van der Waals surface area contributed by atoms with Crippen molar-refractivity contribution in [3.8, 4) is 0 Å². The molecule has 0 aromatic carbocycles. The maximum atomic E-state index is 12.9. The highest BCUT2D eigenvalue weighted by Gasteiger charge is 2.31. The van der Waals surface area contributed by atoms with E-state index in [-0.39, 0.29) is 35.3 Å². The van der Waals surface area contributed by atoms with Gasteiger partial charge in [0.25, 0.3) is 0 Å². The first kappa shape index (κ1) is 22.1. The van der Waals surface area contributed by atoms with Crippen molar-refractivity contribution in [2.24, 2.45) is 4.99 Å². The number of hydrogen-bond acceptors (Lipinski definition) is 4. The van der Waals surface area contributed by atoms with Gasteiger partial charge in [-0.05, 0) is 26.0 Å². The Morgan fingerprint density at radius 1 is 1.33 bits per heavy atom. The van der Waals surface area contributed by atoms with E-state index in [0.717, 1.165) is 31.1 Å². The van der Waals surface area contributed by atoms with Crippen molar-refractivity contribution in [1.29, 1.82) is 0 Å². The second-order valence-electron chi connectivity index (χ2n) is 6.69. The van der Waals surface area contributed by atoms with Crippen LogP contribution in [-0.2, 0) is 12.7 Å². The Bertz CT molecular complexity index is 820. The number of pyridine rings is 1. The van der Waals surface area contributed by atoms with Gasteiger partial charge in [-0.15, -0.1) is 34.2 Å². The summed E-state index contributed by atoms with van der Waals surface area (Å²) in [6.07, 6.45) is -3.38. The van der Waals surface area contributed by atoms with E-state index in [0.29, 0.717) is 17.4 Å². The normalized spacial score (nSPS) is 17.7. The number of nitrogens with one attached hydrogen (secondary N) is 1. The van der Waals surface area contributed by atoms with E-state index in [1.807, 2.05) is 11.8 Å². The average molecular weight is 514 g/mol. The number of rotatable bonds is 2. The van der Waals surface area contributed by atoms with Gasteiger partial charge in [-0.1, -0.05) is 0 Å². The Morgan fingerprint density at radius 2 is 2.07 bits per heavy atom. The maximum absolute atomic E-state index is 12.9. The first-order valence-electron chi connectivity index (χ1n) is 8.20. The smallest absolute Gasteiger partial charge is 0.349 e. The summed E-state index contributed by atoms with van der Waals surface area (Å²) in [4.78, 5) is 6.45. The van der Waals surface area contributed by atoms with E-state index >= 15 is 0 Å². The van der Waals surface area contributed by atoms with Gasteiger partial charge in [0, 0.05) is 36.8 Å². The van der Waals surface area contributed by atoms with Crippen LogP contribution in [0.25, 0.3) is 5.65 Å². The zero-order chi connectivity index (χ0) is 18.9. The van der Waals surface area contributed by atoms with Crippen molar-refractivity contribution in [2.75, 3.05) is 25.9 Å². The molecule has 0 unspecified atom stereocenters. The van der Waals surface area contributed by atoms with Crippen molar-refractivity contribution in [1.82, 2.24) is 24.8 Å². The zero-order valence-corrected chi connectivity index (χ0v) is 18.4. The standard InChI is InChI=1S/C16H21F3N6S.HI/c1-15(2)10-24(6-7-26-15)14(20-3)21-8-13-23-22-12-5-4-11(9-25(12)13)16(17,18)19;/h4-5,9H,6-8,10H2,1-3H3,(H,20,21);1H. The number of alkyl halides is 3. The first-order chi connectivity index (χ1) is 12.2. The van der Waals surface area contributed by atoms with Crippen LogP contribution in [0, 0.1) is 0 Å². The topological polar surface area (TPSA) is 57.8 Å². The molecule has 11 heteroatoms. The highest BCUT2D eigenvalue weighted by Crippen LogP contribution is 2.30. The van der Waals surface area contributed by atoms with Crippen molar-refractivity contribution in [3.05, 3.63) is 29.7 Å². The molecule has 0 atom stereocenters. The molecule has 3 heterocycles. The lowest BCUT2D eigenvalue weighted by atomic mass is 10.2. The SMILES string of the molecule is CN=C(NCc1nnc2ccc(C(F)(F)F)cn12)N1CCSC(C)(C)C1.I. The number of guanidine groups is 1. The molecule has 1 aliphatic heterocycles. The van der Waals surface area contributed by atoms with E-state index in [9.17, 15) is 13.2 Å². The molecular weight excluding hydrogens is 492 g/mol. The van der Waals surface area contributed by atoms with Crippen LogP contribution < -0.4 is 5.32 Å². The number of hydrogen-bond donors (Lipinski definition) is 1. The fraction of sp³-hybridized carbons (Fsp3) is 0.562. The Kier molecular flexibility index (Phi) is 6.87. The van der Waals surface area contributed by atoms with E-state index < -0.39 is 11.7 Å². The second kappa shape index (κ2) is 8.41. The Morgan fingerprint density at radius 3 is 2.70 bits per heavy atom. The summed E-state index contributed by atoms with van der Waals surface area (Å²) in [5, 5.41) is 11.1. The molecule has 1 fully saturated rings. The predicted octanol–water partition coefficient (Wildman–Crippen LogP) is 3.27. The molecule has 0 aliphatic carbocycles. The van der Waals surface area contributed by atoms with Gasteiger partial charge in [-0.25, -0.2) is 0 Å². The quantitative estimate of drug-likeness (QED) is 0.379. The third-order valence-corrected chi connectivity index (χ3v) is 5.44. The van der Waals surface area contributed by atoms with E-state index in [2.05, 4.69) is 39.3 Å². The van der Waals surface area contributed by atoms with Crippen LogP contribution in [0.5, 0.6) is 0 Å². The monoisotopic (exact) mass is 514 g/mol. The molecule has 0 radical (unpaired) electrons. The largest absolute Gasteiger partial charge is 0.417 e. The molecule has 1 saturated heterocycles. The molecule has 0 saturated carbocycles. The Labute approximate surface area is 177 Å². The molecule has 2 aromatic heterocycles. The van der Waals surface area contributed by atoms with Gasteiger partial charge in [0.15, 0.2) is 17.4 Å². The summed E-state index contributed by atoms with van der Waals surface area (Å²) in [5.74, 6) is 2.11. The fourth-order valence-electron chi connectivity index (χ4n) is 2.91. The number of thioether (sulfide) groups is 1. The highest BCUT2D eigenvalue weighted by atomic mass is 127. The summed E-state index contributed by atoms with van der Waals surface area (Å²) in [6, 6.07) is 2.33. The van der Waals surface area contributed by atoms with Crippen molar-refractivity contribution >= 4 is 47.3 Å². The van der Waals surface area contributed by atoms with Crippen LogP contribution in [0.2, 0.25) is 0 Å². The number of aromatic nitrogens is 3. The molecule has 2 aromatic rings. The fourth-order valence-corrected chi connectivity index (χ4v) is 4.03. The molecule has 27 heavy (non-hydrogen) atoms. The Hall–Kier alpha value is -1.24. The van der Waals surface area contributed by atoms with Gasteiger partial charge >= 0.3 is 6.18 Å².